The molecule has 1 saturated carbocycles. The monoisotopic (exact) mass is 324 g/mol. The van der Waals surface area contributed by atoms with E-state index in [1.54, 1.807) is 19.2 Å². The van der Waals surface area contributed by atoms with E-state index in [0.717, 1.165) is 12.3 Å². The Morgan fingerprint density at radius 1 is 1.13 bits per heavy atom. The van der Waals surface area contributed by atoms with Crippen molar-refractivity contribution in [2.75, 3.05) is 13.7 Å². The molecule has 0 bridgehead atoms. The largest absolute Gasteiger partial charge is 0.435 e. The van der Waals surface area contributed by atoms with Crippen LogP contribution in [0.4, 0.5) is 8.78 Å². The smallest absolute Gasteiger partial charge is 0.387 e. The van der Waals surface area contributed by atoms with Crippen molar-refractivity contribution in [1.82, 2.24) is 0 Å². The second kappa shape index (κ2) is 9.66. The summed E-state index contributed by atoms with van der Waals surface area (Å²) in [6, 6.07) is 7.02. The number of rotatable bonds is 8. The van der Waals surface area contributed by atoms with Crippen molar-refractivity contribution in [2.24, 2.45) is 11.8 Å². The minimum absolute atomic E-state index is 0.229. The lowest BCUT2D eigenvalue weighted by atomic mass is 9.79. The Kier molecular flexibility index (Phi) is 7.53. The van der Waals surface area contributed by atoms with Gasteiger partial charge >= 0.3 is 6.61 Å². The van der Waals surface area contributed by atoms with Gasteiger partial charge in [-0.15, -0.1) is 0 Å². The van der Waals surface area contributed by atoms with Gasteiger partial charge in [-0.2, -0.15) is 8.78 Å². The lowest BCUT2D eigenvalue weighted by molar-refractivity contribution is -0.0498. The van der Waals surface area contributed by atoms with Crippen LogP contribution in [-0.4, -0.2) is 20.3 Å². The van der Waals surface area contributed by atoms with Crippen LogP contribution in [0.15, 0.2) is 36.4 Å². The van der Waals surface area contributed by atoms with Gasteiger partial charge in [-0.05, 0) is 68.1 Å². The molecule has 4 heteroatoms. The molecule has 1 aliphatic rings. The predicted octanol–water partition coefficient (Wildman–Crippen LogP) is 5.23. The number of alkyl halides is 2. The van der Waals surface area contributed by atoms with Crippen molar-refractivity contribution in [2.45, 2.75) is 45.1 Å². The molecular formula is C19H26F2O2. The molecule has 0 spiro atoms. The lowest BCUT2D eigenvalue weighted by Gasteiger charge is -2.26. The fourth-order valence-corrected chi connectivity index (χ4v) is 3.22. The van der Waals surface area contributed by atoms with E-state index in [9.17, 15) is 8.78 Å². The summed E-state index contributed by atoms with van der Waals surface area (Å²) in [4.78, 5) is 0. The molecule has 0 radical (unpaired) electrons. The molecule has 128 valence electrons. The molecule has 2 rings (SSSR count). The molecule has 0 amide bonds. The van der Waals surface area contributed by atoms with Gasteiger partial charge in [0.25, 0.3) is 0 Å². The van der Waals surface area contributed by atoms with E-state index >= 15 is 0 Å². The van der Waals surface area contributed by atoms with Gasteiger partial charge in [0, 0.05) is 7.11 Å². The normalized spacial score (nSPS) is 21.9. The number of hydrogen-bond donors (Lipinski definition) is 0. The number of halogens is 2. The third-order valence-electron chi connectivity index (χ3n) is 4.55. The van der Waals surface area contributed by atoms with Gasteiger partial charge in [-0.1, -0.05) is 24.3 Å². The molecule has 0 heterocycles. The molecule has 2 nitrogen and oxygen atoms in total. The maximum absolute atomic E-state index is 12.1. The van der Waals surface area contributed by atoms with Gasteiger partial charge in [-0.3, -0.25) is 0 Å². The van der Waals surface area contributed by atoms with Crippen LogP contribution in [0.3, 0.4) is 0 Å². The molecule has 1 aromatic rings. The predicted molar refractivity (Wildman–Crippen MR) is 87.9 cm³/mol. The number of hydrogen-bond acceptors (Lipinski definition) is 2. The molecule has 0 N–H and O–H groups in total. The second-order valence-electron chi connectivity index (χ2n) is 6.23. The number of methoxy groups -OCH3 is 1. The third-order valence-corrected chi connectivity index (χ3v) is 4.55. The van der Waals surface area contributed by atoms with Crippen LogP contribution in [0.25, 0.3) is 0 Å². The Hall–Kier alpha value is -1.42. The van der Waals surface area contributed by atoms with Crippen molar-refractivity contribution in [3.05, 3.63) is 42.0 Å². The van der Waals surface area contributed by atoms with Crippen LogP contribution in [0.5, 0.6) is 5.75 Å². The second-order valence-corrected chi connectivity index (χ2v) is 6.23. The molecule has 0 saturated heterocycles. The lowest BCUT2D eigenvalue weighted by Crippen LogP contribution is -2.14. The zero-order chi connectivity index (χ0) is 16.5. The molecule has 0 aromatic heterocycles. The average molecular weight is 324 g/mol. The highest BCUT2D eigenvalue weighted by Gasteiger charge is 2.19. The number of ether oxygens (including phenoxy) is 2. The molecule has 0 atom stereocenters. The fourth-order valence-electron chi connectivity index (χ4n) is 3.22. The SMILES string of the molecule is COCC=C[C@H]1CC[C@H](CCc2ccc(OC(F)F)cc2)CC1. The molecule has 1 fully saturated rings. The van der Waals surface area contributed by atoms with Crippen molar-refractivity contribution < 1.29 is 18.3 Å². The Morgan fingerprint density at radius 2 is 1.83 bits per heavy atom. The van der Waals surface area contributed by atoms with Gasteiger partial charge in [0.05, 0.1) is 6.61 Å². The minimum Gasteiger partial charge on any atom is -0.435 e. The highest BCUT2D eigenvalue weighted by atomic mass is 19.3. The van der Waals surface area contributed by atoms with Crippen LogP contribution >= 0.6 is 0 Å². The van der Waals surface area contributed by atoms with Crippen molar-refractivity contribution >= 4 is 0 Å². The first-order chi connectivity index (χ1) is 11.2. The summed E-state index contributed by atoms with van der Waals surface area (Å²) in [5.41, 5.74) is 1.19. The zero-order valence-electron chi connectivity index (χ0n) is 13.7. The van der Waals surface area contributed by atoms with E-state index in [2.05, 4.69) is 16.9 Å². The highest BCUT2D eigenvalue weighted by molar-refractivity contribution is 5.27. The van der Waals surface area contributed by atoms with Crippen LogP contribution in [0.1, 0.15) is 37.7 Å². The first-order valence-corrected chi connectivity index (χ1v) is 8.36. The number of allylic oxidation sites excluding steroid dienone is 1. The maximum Gasteiger partial charge on any atom is 0.387 e. The Morgan fingerprint density at radius 3 is 2.43 bits per heavy atom. The van der Waals surface area contributed by atoms with Gasteiger partial charge in [0.15, 0.2) is 0 Å². The summed E-state index contributed by atoms with van der Waals surface area (Å²) in [5, 5.41) is 0. The van der Waals surface area contributed by atoms with E-state index in [0.29, 0.717) is 12.5 Å². The summed E-state index contributed by atoms with van der Waals surface area (Å²) in [7, 11) is 1.72. The first kappa shape index (κ1) is 17.9. The van der Waals surface area contributed by atoms with E-state index in [1.807, 2.05) is 12.1 Å². The van der Waals surface area contributed by atoms with Crippen LogP contribution < -0.4 is 4.74 Å². The van der Waals surface area contributed by atoms with Crippen LogP contribution in [0, 0.1) is 11.8 Å². The fraction of sp³-hybridized carbons (Fsp3) is 0.579. The summed E-state index contributed by atoms with van der Waals surface area (Å²) >= 11 is 0. The molecule has 0 unspecified atom stereocenters. The molecule has 0 aliphatic heterocycles. The maximum atomic E-state index is 12.1. The Balaban J connectivity index is 1.69. The van der Waals surface area contributed by atoms with Crippen molar-refractivity contribution in [1.29, 1.82) is 0 Å². The van der Waals surface area contributed by atoms with E-state index in [1.165, 1.54) is 37.7 Å². The van der Waals surface area contributed by atoms with Crippen molar-refractivity contribution in [3.63, 3.8) is 0 Å². The first-order valence-electron chi connectivity index (χ1n) is 8.36. The van der Waals surface area contributed by atoms with Crippen molar-refractivity contribution in [3.8, 4) is 5.75 Å². The summed E-state index contributed by atoms with van der Waals surface area (Å²) in [6.07, 6.45) is 11.6. The summed E-state index contributed by atoms with van der Waals surface area (Å²) < 4.78 is 33.6. The molecule has 1 aliphatic carbocycles. The quantitative estimate of drug-likeness (QED) is 0.610. The topological polar surface area (TPSA) is 18.5 Å². The van der Waals surface area contributed by atoms with Gasteiger partial charge < -0.3 is 9.47 Å². The Labute approximate surface area is 137 Å². The van der Waals surface area contributed by atoms with Gasteiger partial charge in [-0.25, -0.2) is 0 Å². The molecule has 1 aromatic carbocycles. The van der Waals surface area contributed by atoms with Crippen LogP contribution in [-0.2, 0) is 11.2 Å². The van der Waals surface area contributed by atoms with Gasteiger partial charge in [0.1, 0.15) is 5.75 Å². The Bertz CT molecular complexity index is 463. The summed E-state index contributed by atoms with van der Waals surface area (Å²) in [5.74, 6) is 1.71. The van der Waals surface area contributed by atoms with Crippen LogP contribution in [0.2, 0.25) is 0 Å². The molecule has 23 heavy (non-hydrogen) atoms. The standard InChI is InChI=1S/C19H26F2O2/c1-22-14-2-3-15-4-6-16(7-5-15)8-9-17-10-12-18(13-11-17)23-19(20)21/h2-3,10-13,15-16,19H,4-9,14H2,1H3/t15-,16-. The third kappa shape index (κ3) is 6.69. The minimum atomic E-state index is -2.76. The highest BCUT2D eigenvalue weighted by Crippen LogP contribution is 2.32. The van der Waals surface area contributed by atoms with E-state index in [4.69, 9.17) is 4.74 Å². The molecular weight excluding hydrogens is 298 g/mol. The van der Waals surface area contributed by atoms with Gasteiger partial charge in [0.2, 0.25) is 0 Å². The summed E-state index contributed by atoms with van der Waals surface area (Å²) in [6.45, 7) is -2.06. The average Bonchev–Trinajstić information content (AvgIpc) is 2.55. The zero-order valence-corrected chi connectivity index (χ0v) is 13.7. The van der Waals surface area contributed by atoms with E-state index < -0.39 is 6.61 Å². The number of benzene rings is 1. The number of aryl methyl sites for hydroxylation is 1. The van der Waals surface area contributed by atoms with E-state index in [-0.39, 0.29) is 5.75 Å².